The van der Waals surface area contributed by atoms with E-state index >= 15 is 0 Å². The lowest BCUT2D eigenvalue weighted by molar-refractivity contribution is -0.667. The van der Waals surface area contributed by atoms with Crippen LogP contribution in [0.15, 0.2) is 34.7 Å². The number of furan rings is 1. The first-order valence-corrected chi connectivity index (χ1v) is 10.1. The summed E-state index contributed by atoms with van der Waals surface area (Å²) in [7, 11) is 1.61. The summed E-state index contributed by atoms with van der Waals surface area (Å²) in [5.41, 5.74) is 0.624. The van der Waals surface area contributed by atoms with Gasteiger partial charge in [-0.25, -0.2) is 4.85 Å². The lowest BCUT2D eigenvalue weighted by Crippen LogP contribution is -2.36. The summed E-state index contributed by atoms with van der Waals surface area (Å²) >= 11 is 0. The lowest BCUT2D eigenvalue weighted by Gasteiger charge is -2.21. The Morgan fingerprint density at radius 2 is 1.97 bits per heavy atom. The molecule has 3 heteroatoms. The molecule has 2 aromatic heterocycles. The molecule has 158 valence electrons. The van der Waals surface area contributed by atoms with Gasteiger partial charge in [-0.1, -0.05) is 39.0 Å². The number of hydrogen-bond donors (Lipinski definition) is 0. The Kier molecular flexibility index (Phi) is 2.96. The topological polar surface area (TPSA) is 21.4 Å². The number of nitrogens with zero attached hydrogens (tertiary/aromatic N) is 2. The first kappa shape index (κ1) is 12.7. The fraction of sp³-hybridized carbons (Fsp3) is 0.357. The molecule has 0 aliphatic heterocycles. The normalized spacial score (nSPS) is 17.5. The Labute approximate surface area is 197 Å². The first-order valence-electron chi connectivity index (χ1n) is 14.6. The van der Waals surface area contributed by atoms with Crippen molar-refractivity contribution in [3.05, 3.63) is 69.7 Å². The SMILES string of the molecule is [2H]c1c(C([2H])([2H])C(C)(C)C)c(C([2H])([2H])[2H])c(C)[n+](C)c1-c1c(C)cc(C([2H])([2H])[2H])c2c1oc1cc([N+]#[C-])ccc12. The second-order valence-electron chi connectivity index (χ2n) is 8.96. The Balaban J connectivity index is 2.31. The molecule has 0 atom stereocenters. The zero-order valence-corrected chi connectivity index (χ0v) is 18.6. The summed E-state index contributed by atoms with van der Waals surface area (Å²) in [5.74, 6) is 0. The van der Waals surface area contributed by atoms with Gasteiger partial charge < -0.3 is 4.42 Å². The Bertz CT molecular complexity index is 1730. The Morgan fingerprint density at radius 1 is 1.19 bits per heavy atom. The summed E-state index contributed by atoms with van der Waals surface area (Å²) in [6.07, 6.45) is -2.22. The molecule has 4 rings (SSSR count). The summed E-state index contributed by atoms with van der Waals surface area (Å²) in [6.45, 7) is 10.4. The van der Waals surface area contributed by atoms with Gasteiger partial charge in [0.25, 0.3) is 0 Å². The van der Waals surface area contributed by atoms with Crippen LogP contribution in [-0.4, -0.2) is 0 Å². The molecule has 0 saturated heterocycles. The van der Waals surface area contributed by atoms with Gasteiger partial charge in [0.05, 0.1) is 13.5 Å². The highest BCUT2D eigenvalue weighted by Crippen LogP contribution is 2.40. The van der Waals surface area contributed by atoms with E-state index in [0.29, 0.717) is 33.2 Å². The monoisotopic (exact) mass is 420 g/mol. The summed E-state index contributed by atoms with van der Waals surface area (Å²) in [6, 6.07) is 5.95. The molecule has 0 spiro atoms. The second-order valence-corrected chi connectivity index (χ2v) is 8.96. The van der Waals surface area contributed by atoms with Crippen molar-refractivity contribution >= 4 is 27.6 Å². The molecule has 0 amide bonds. The van der Waals surface area contributed by atoms with Crippen LogP contribution in [0.5, 0.6) is 0 Å². The van der Waals surface area contributed by atoms with Crippen LogP contribution in [-0.2, 0) is 13.4 Å². The molecule has 0 fully saturated rings. The maximum absolute atomic E-state index is 9.32. The van der Waals surface area contributed by atoms with E-state index in [-0.39, 0.29) is 39.7 Å². The van der Waals surface area contributed by atoms with E-state index in [0.717, 1.165) is 0 Å². The number of aryl methyl sites for hydroxylation is 2. The highest BCUT2D eigenvalue weighted by Gasteiger charge is 2.26. The van der Waals surface area contributed by atoms with Crippen molar-refractivity contribution in [2.45, 2.75) is 54.7 Å². The number of hydrogen-bond acceptors (Lipinski definition) is 1. The van der Waals surface area contributed by atoms with Crippen molar-refractivity contribution in [3.8, 4) is 11.3 Å². The average Bonchev–Trinajstić information content (AvgIpc) is 3.17. The molecule has 31 heavy (non-hydrogen) atoms. The minimum atomic E-state index is -2.70. The standard InChI is InChI=1S/C28H31N2O/c1-16-12-17(2)26(27-25(16)22-11-10-21(29-8)14-24(22)31-27)23-13-20(15-28(5,6)7)18(3)19(4)30(23)9/h10-14H,15H2,1-7,9H3/q+1/i1D3,3D3,13D,15D2. The third-order valence-corrected chi connectivity index (χ3v) is 5.48. The molecule has 0 unspecified atom stereocenters. The highest BCUT2D eigenvalue weighted by atomic mass is 16.3. The summed E-state index contributed by atoms with van der Waals surface area (Å²) < 4.78 is 84.6. The molecule has 0 N–H and O–H groups in total. The van der Waals surface area contributed by atoms with Gasteiger partial charge in [-0.3, -0.25) is 0 Å². The van der Waals surface area contributed by atoms with Gasteiger partial charge in [-0.2, -0.15) is 4.57 Å². The zero-order chi connectivity index (χ0) is 30.3. The number of pyridine rings is 1. The van der Waals surface area contributed by atoms with E-state index < -0.39 is 25.5 Å². The molecule has 0 radical (unpaired) electrons. The van der Waals surface area contributed by atoms with Crippen molar-refractivity contribution < 1.29 is 21.3 Å². The van der Waals surface area contributed by atoms with Crippen LogP contribution in [0.1, 0.15) is 61.1 Å². The van der Waals surface area contributed by atoms with Crippen LogP contribution >= 0.6 is 0 Å². The Hall–Kier alpha value is -3.12. The molecular formula is C28H31N2O+. The van der Waals surface area contributed by atoms with Crippen LogP contribution in [0, 0.1) is 39.5 Å². The third-order valence-electron chi connectivity index (χ3n) is 5.48. The zero-order valence-electron chi connectivity index (χ0n) is 27.6. The average molecular weight is 421 g/mol. The maximum atomic E-state index is 9.32. The fourth-order valence-corrected chi connectivity index (χ4v) is 3.91. The number of fused-ring (bicyclic) bond motifs is 3. The first-order chi connectivity index (χ1) is 18.1. The van der Waals surface area contributed by atoms with Crippen molar-refractivity contribution in [1.82, 2.24) is 0 Å². The fourth-order valence-electron chi connectivity index (χ4n) is 3.91. The van der Waals surface area contributed by atoms with E-state index in [4.69, 9.17) is 22.0 Å². The molecule has 3 nitrogen and oxygen atoms in total. The van der Waals surface area contributed by atoms with E-state index in [2.05, 4.69) is 4.85 Å². The smallest absolute Gasteiger partial charge is 0.216 e. The quantitative estimate of drug-likeness (QED) is 0.244. The highest BCUT2D eigenvalue weighted by molar-refractivity contribution is 6.12. The largest absolute Gasteiger partial charge is 0.456 e. The summed E-state index contributed by atoms with van der Waals surface area (Å²) in [4.78, 5) is 3.44. The molecule has 2 heterocycles. The predicted octanol–water partition coefficient (Wildman–Crippen LogP) is 7.45. The van der Waals surface area contributed by atoms with Crippen molar-refractivity contribution in [3.63, 3.8) is 0 Å². The molecular weight excluding hydrogens is 380 g/mol. The molecule has 0 saturated carbocycles. The van der Waals surface area contributed by atoms with Gasteiger partial charge in [0, 0.05) is 40.3 Å². The van der Waals surface area contributed by atoms with Crippen LogP contribution in [0.2, 0.25) is 0 Å². The lowest BCUT2D eigenvalue weighted by atomic mass is 9.85. The van der Waals surface area contributed by atoms with Gasteiger partial charge in [-0.05, 0) is 55.2 Å². The molecule has 4 aromatic rings. The Morgan fingerprint density at radius 3 is 2.61 bits per heavy atom. The summed E-state index contributed by atoms with van der Waals surface area (Å²) in [5, 5.41) is 0.800. The van der Waals surface area contributed by atoms with E-state index in [1.54, 1.807) is 58.4 Å². The van der Waals surface area contributed by atoms with Crippen molar-refractivity contribution in [2.75, 3.05) is 0 Å². The van der Waals surface area contributed by atoms with Crippen molar-refractivity contribution in [1.29, 1.82) is 0 Å². The van der Waals surface area contributed by atoms with Crippen LogP contribution < -0.4 is 4.57 Å². The van der Waals surface area contributed by atoms with Crippen LogP contribution in [0.3, 0.4) is 0 Å². The third kappa shape index (κ3) is 3.51. The number of benzene rings is 2. The van der Waals surface area contributed by atoms with Gasteiger partial charge in [0.2, 0.25) is 5.69 Å². The molecule has 0 aliphatic carbocycles. The minimum absolute atomic E-state index is 0.0494. The second kappa shape index (κ2) is 7.24. The number of rotatable bonds is 2. The van der Waals surface area contributed by atoms with E-state index in [1.807, 2.05) is 0 Å². The van der Waals surface area contributed by atoms with E-state index in [9.17, 15) is 1.37 Å². The van der Waals surface area contributed by atoms with Crippen LogP contribution in [0.25, 0.3) is 38.0 Å². The molecule has 0 bridgehead atoms. The molecule has 0 aliphatic rings. The van der Waals surface area contributed by atoms with E-state index in [1.165, 1.54) is 12.1 Å². The van der Waals surface area contributed by atoms with Crippen LogP contribution in [0.4, 0.5) is 5.69 Å². The predicted molar refractivity (Wildman–Crippen MR) is 129 cm³/mol. The molecule has 2 aromatic carbocycles. The van der Waals surface area contributed by atoms with Gasteiger partial charge >= 0.3 is 0 Å². The number of aromatic nitrogens is 1. The van der Waals surface area contributed by atoms with Gasteiger partial charge in [0.1, 0.15) is 18.2 Å². The maximum Gasteiger partial charge on any atom is 0.216 e. The van der Waals surface area contributed by atoms with Crippen molar-refractivity contribution in [2.24, 2.45) is 12.5 Å². The van der Waals surface area contributed by atoms with Gasteiger partial charge in [0.15, 0.2) is 11.4 Å². The van der Waals surface area contributed by atoms with Gasteiger partial charge in [-0.15, -0.1) is 0 Å². The minimum Gasteiger partial charge on any atom is -0.456 e.